The summed E-state index contributed by atoms with van der Waals surface area (Å²) in [5.41, 5.74) is 3.65. The number of benzene rings is 4. The van der Waals surface area contributed by atoms with Crippen LogP contribution in [-0.4, -0.2) is 25.0 Å². The number of ether oxygens (including phenoxy) is 2. The van der Waals surface area contributed by atoms with Crippen LogP contribution in [0.1, 0.15) is 23.6 Å². The SMILES string of the molecule is COc1ccc(O)c(C2=NN(c3ccccc3)C(c3ccc(OC)c4ccccc34)C2)c1. The number of anilines is 1. The number of phenols is 1. The van der Waals surface area contributed by atoms with Gasteiger partial charge in [0, 0.05) is 17.4 Å². The van der Waals surface area contributed by atoms with Crippen molar-refractivity contribution < 1.29 is 14.6 Å². The monoisotopic (exact) mass is 424 g/mol. The lowest BCUT2D eigenvalue weighted by molar-refractivity contribution is 0.412. The molecule has 1 aliphatic rings. The molecule has 1 atom stereocenters. The second-order valence-electron chi connectivity index (χ2n) is 7.73. The van der Waals surface area contributed by atoms with Gasteiger partial charge in [0.2, 0.25) is 0 Å². The first-order valence-electron chi connectivity index (χ1n) is 10.5. The molecule has 0 aromatic heterocycles. The number of phenolic OH excluding ortho intramolecular Hbond substituents is 1. The number of hydrazone groups is 1. The molecule has 1 heterocycles. The van der Waals surface area contributed by atoms with Crippen molar-refractivity contribution >= 4 is 22.2 Å². The second-order valence-corrected chi connectivity index (χ2v) is 7.73. The molecule has 0 amide bonds. The lowest BCUT2D eigenvalue weighted by Crippen LogP contribution is -2.18. The van der Waals surface area contributed by atoms with Gasteiger partial charge in [-0.2, -0.15) is 5.10 Å². The molecule has 160 valence electrons. The van der Waals surface area contributed by atoms with E-state index in [4.69, 9.17) is 14.6 Å². The molecule has 0 aliphatic carbocycles. The Morgan fingerprint density at radius 2 is 1.59 bits per heavy atom. The predicted octanol–water partition coefficient (Wildman–Crippen LogP) is 5.92. The van der Waals surface area contributed by atoms with Crippen LogP contribution in [0.2, 0.25) is 0 Å². The van der Waals surface area contributed by atoms with Crippen LogP contribution in [0.5, 0.6) is 17.2 Å². The molecule has 1 aliphatic heterocycles. The van der Waals surface area contributed by atoms with Crippen LogP contribution in [0.4, 0.5) is 5.69 Å². The van der Waals surface area contributed by atoms with E-state index in [0.29, 0.717) is 17.7 Å². The summed E-state index contributed by atoms with van der Waals surface area (Å²) in [6, 6.07) is 27.7. The Kier molecular flexibility index (Phi) is 5.15. The minimum atomic E-state index is -0.0335. The molecule has 0 saturated carbocycles. The molecule has 4 aromatic rings. The van der Waals surface area contributed by atoms with Gasteiger partial charge in [0.1, 0.15) is 17.2 Å². The summed E-state index contributed by atoms with van der Waals surface area (Å²) in [5, 5.41) is 19.8. The first kappa shape index (κ1) is 19.9. The number of para-hydroxylation sites is 1. The van der Waals surface area contributed by atoms with Crippen molar-refractivity contribution in [2.75, 3.05) is 19.2 Å². The average Bonchev–Trinajstić information content (AvgIpc) is 3.29. The Labute approximate surface area is 187 Å². The number of hydrogen-bond donors (Lipinski definition) is 1. The number of hydrogen-bond acceptors (Lipinski definition) is 5. The van der Waals surface area contributed by atoms with Crippen molar-refractivity contribution in [3.05, 3.63) is 96.1 Å². The second kappa shape index (κ2) is 8.27. The maximum atomic E-state index is 10.6. The molecule has 32 heavy (non-hydrogen) atoms. The zero-order valence-electron chi connectivity index (χ0n) is 18.0. The Balaban J connectivity index is 1.66. The molecule has 1 unspecified atom stereocenters. The van der Waals surface area contributed by atoms with Crippen molar-refractivity contribution in [3.63, 3.8) is 0 Å². The number of aromatic hydroxyl groups is 1. The molecule has 5 rings (SSSR count). The number of rotatable bonds is 5. The Morgan fingerprint density at radius 1 is 0.844 bits per heavy atom. The largest absolute Gasteiger partial charge is 0.507 e. The number of nitrogens with zero attached hydrogens (tertiary/aromatic N) is 2. The van der Waals surface area contributed by atoms with E-state index in [0.717, 1.165) is 33.5 Å². The number of methoxy groups -OCH3 is 2. The highest BCUT2D eigenvalue weighted by Gasteiger charge is 2.32. The van der Waals surface area contributed by atoms with Crippen LogP contribution in [0.3, 0.4) is 0 Å². The third-order valence-electron chi connectivity index (χ3n) is 5.94. The van der Waals surface area contributed by atoms with E-state index >= 15 is 0 Å². The summed E-state index contributed by atoms with van der Waals surface area (Å²) >= 11 is 0. The van der Waals surface area contributed by atoms with E-state index in [-0.39, 0.29) is 11.8 Å². The van der Waals surface area contributed by atoms with E-state index < -0.39 is 0 Å². The van der Waals surface area contributed by atoms with E-state index in [2.05, 4.69) is 30.3 Å². The van der Waals surface area contributed by atoms with Crippen LogP contribution in [0, 0.1) is 0 Å². The van der Waals surface area contributed by atoms with Gasteiger partial charge in [-0.3, -0.25) is 5.01 Å². The van der Waals surface area contributed by atoms with Crippen molar-refractivity contribution in [1.82, 2.24) is 0 Å². The molecule has 0 fully saturated rings. The maximum absolute atomic E-state index is 10.6. The van der Waals surface area contributed by atoms with E-state index in [1.807, 2.05) is 47.5 Å². The van der Waals surface area contributed by atoms with Gasteiger partial charge in [-0.05, 0) is 47.3 Å². The molecule has 0 radical (unpaired) electrons. The summed E-state index contributed by atoms with van der Waals surface area (Å²) in [6.45, 7) is 0. The normalized spacial score (nSPS) is 15.6. The summed E-state index contributed by atoms with van der Waals surface area (Å²) in [4.78, 5) is 0. The molecule has 4 aromatic carbocycles. The van der Waals surface area contributed by atoms with Gasteiger partial charge < -0.3 is 14.6 Å². The van der Waals surface area contributed by atoms with Crippen LogP contribution in [-0.2, 0) is 0 Å². The molecule has 5 heteroatoms. The first-order chi connectivity index (χ1) is 15.7. The average molecular weight is 425 g/mol. The summed E-state index contributed by atoms with van der Waals surface area (Å²) < 4.78 is 11.0. The summed E-state index contributed by atoms with van der Waals surface area (Å²) in [7, 11) is 3.31. The van der Waals surface area contributed by atoms with Crippen molar-refractivity contribution in [2.24, 2.45) is 5.10 Å². The lowest BCUT2D eigenvalue weighted by Gasteiger charge is -2.25. The van der Waals surface area contributed by atoms with Crippen molar-refractivity contribution in [1.29, 1.82) is 0 Å². The van der Waals surface area contributed by atoms with Gasteiger partial charge in [0.25, 0.3) is 0 Å². The van der Waals surface area contributed by atoms with Crippen LogP contribution in [0.25, 0.3) is 10.8 Å². The molecular formula is C27H24N2O3. The summed E-state index contributed by atoms with van der Waals surface area (Å²) in [6.07, 6.45) is 0.645. The molecule has 0 bridgehead atoms. The molecule has 0 saturated heterocycles. The highest BCUT2D eigenvalue weighted by atomic mass is 16.5. The topological polar surface area (TPSA) is 54.3 Å². The maximum Gasteiger partial charge on any atom is 0.126 e. The smallest absolute Gasteiger partial charge is 0.126 e. The standard InChI is InChI=1S/C27H24N2O3/c1-31-19-12-14-26(30)23(16-19)24-17-25(29(28-24)18-8-4-3-5-9-18)21-13-15-27(32-2)22-11-7-6-10-20(21)22/h3-16,25,30H,17H2,1-2H3. The van der Waals surface area contributed by atoms with E-state index in [1.165, 1.54) is 0 Å². The zero-order valence-corrected chi connectivity index (χ0v) is 18.0. The van der Waals surface area contributed by atoms with Gasteiger partial charge in [-0.15, -0.1) is 0 Å². The lowest BCUT2D eigenvalue weighted by atomic mass is 9.93. The molecule has 5 nitrogen and oxygen atoms in total. The minimum absolute atomic E-state index is 0.0335. The number of fused-ring (bicyclic) bond motifs is 1. The quantitative estimate of drug-likeness (QED) is 0.432. The molecular weight excluding hydrogens is 400 g/mol. The Morgan fingerprint density at radius 3 is 2.34 bits per heavy atom. The first-order valence-corrected chi connectivity index (χ1v) is 10.5. The summed E-state index contributed by atoms with van der Waals surface area (Å²) in [5.74, 6) is 1.73. The van der Waals surface area contributed by atoms with Gasteiger partial charge in [-0.25, -0.2) is 0 Å². The van der Waals surface area contributed by atoms with Gasteiger partial charge in [0.05, 0.1) is 31.7 Å². The van der Waals surface area contributed by atoms with Crippen molar-refractivity contribution in [2.45, 2.75) is 12.5 Å². The molecule has 0 spiro atoms. The Bertz CT molecular complexity index is 1300. The highest BCUT2D eigenvalue weighted by Crippen LogP contribution is 2.42. The van der Waals surface area contributed by atoms with E-state index in [9.17, 15) is 5.11 Å². The van der Waals surface area contributed by atoms with Crippen LogP contribution >= 0.6 is 0 Å². The zero-order chi connectivity index (χ0) is 22.1. The fourth-order valence-corrected chi connectivity index (χ4v) is 4.37. The highest BCUT2D eigenvalue weighted by molar-refractivity contribution is 6.06. The predicted molar refractivity (Wildman–Crippen MR) is 128 cm³/mol. The minimum Gasteiger partial charge on any atom is -0.507 e. The van der Waals surface area contributed by atoms with Crippen LogP contribution in [0.15, 0.2) is 90.0 Å². The fourth-order valence-electron chi connectivity index (χ4n) is 4.37. The van der Waals surface area contributed by atoms with Gasteiger partial charge in [0.15, 0.2) is 0 Å². The third kappa shape index (κ3) is 3.42. The van der Waals surface area contributed by atoms with Gasteiger partial charge >= 0.3 is 0 Å². The third-order valence-corrected chi connectivity index (χ3v) is 5.94. The molecule has 1 N–H and O–H groups in total. The van der Waals surface area contributed by atoms with E-state index in [1.54, 1.807) is 26.4 Å². The van der Waals surface area contributed by atoms with Gasteiger partial charge in [-0.1, -0.05) is 48.5 Å². The van der Waals surface area contributed by atoms with Crippen molar-refractivity contribution in [3.8, 4) is 17.2 Å². The Hall–Kier alpha value is -3.99. The van der Waals surface area contributed by atoms with Crippen LogP contribution < -0.4 is 14.5 Å². The fraction of sp³-hybridized carbons (Fsp3) is 0.148.